The van der Waals surface area contributed by atoms with Crippen molar-refractivity contribution >= 4 is 68.9 Å². The van der Waals surface area contributed by atoms with E-state index in [2.05, 4.69) is 15.2 Å². The van der Waals surface area contributed by atoms with Gasteiger partial charge in [-0.15, -0.1) is 10.2 Å². The van der Waals surface area contributed by atoms with Gasteiger partial charge in [0.05, 0.1) is 11.6 Å². The Bertz CT molecular complexity index is 1590. The Labute approximate surface area is 237 Å². The molecule has 0 spiro atoms. The number of nitrogens with zero attached hydrogens (tertiary/aromatic N) is 4. The molecule has 0 saturated carbocycles. The van der Waals surface area contributed by atoms with Crippen LogP contribution >= 0.6 is 46.3 Å². The number of halogens is 2. The molecule has 0 aliphatic carbocycles. The summed E-state index contributed by atoms with van der Waals surface area (Å²) in [6, 6.07) is 13.4. The van der Waals surface area contributed by atoms with E-state index in [1.165, 1.54) is 28.0 Å². The summed E-state index contributed by atoms with van der Waals surface area (Å²) in [5.41, 5.74) is 3.60. The number of ketones is 1. The fraction of sp³-hybridized carbons (Fsp3) is 0.148. The second-order valence-electron chi connectivity index (χ2n) is 8.65. The van der Waals surface area contributed by atoms with E-state index in [1.54, 1.807) is 42.7 Å². The Hall–Kier alpha value is -3.24. The van der Waals surface area contributed by atoms with Crippen molar-refractivity contribution in [2.24, 2.45) is 0 Å². The number of aromatic nitrogens is 3. The predicted molar refractivity (Wildman–Crippen MR) is 151 cm³/mol. The standard InChI is InChI=1S/C27H20Cl2N4O3S2/c1-14-5-6-15(2)19(10-14)23(34)21-22(16-4-3-9-30-12-16)33(25(36)24(21)35)26-31-32-27(38-26)37-13-17-7-8-18(28)11-20(17)29/h3-12,22,34H,13H2,1-2H3/b23-21+. The number of hydrogen-bond donors (Lipinski definition) is 1. The highest BCUT2D eigenvalue weighted by molar-refractivity contribution is 8.00. The van der Waals surface area contributed by atoms with Crippen molar-refractivity contribution in [1.29, 1.82) is 0 Å². The van der Waals surface area contributed by atoms with Gasteiger partial charge in [0.1, 0.15) is 5.76 Å². The van der Waals surface area contributed by atoms with Crippen LogP contribution in [0.25, 0.3) is 5.76 Å². The summed E-state index contributed by atoms with van der Waals surface area (Å²) in [7, 11) is 0. The zero-order valence-corrected chi connectivity index (χ0v) is 23.3. The highest BCUT2D eigenvalue weighted by Gasteiger charge is 2.48. The van der Waals surface area contributed by atoms with Crippen LogP contribution in [0.4, 0.5) is 5.13 Å². The second-order valence-corrected chi connectivity index (χ2v) is 11.7. The van der Waals surface area contributed by atoms with Gasteiger partial charge in [0.15, 0.2) is 4.34 Å². The van der Waals surface area contributed by atoms with Gasteiger partial charge in [0.2, 0.25) is 5.13 Å². The lowest BCUT2D eigenvalue weighted by molar-refractivity contribution is -0.132. The number of pyridine rings is 1. The third kappa shape index (κ3) is 5.07. The maximum Gasteiger partial charge on any atom is 0.301 e. The van der Waals surface area contributed by atoms with Crippen molar-refractivity contribution in [3.63, 3.8) is 0 Å². The number of aliphatic hydroxyl groups is 1. The van der Waals surface area contributed by atoms with Crippen molar-refractivity contribution in [3.05, 3.63) is 104 Å². The SMILES string of the molecule is Cc1ccc(C)c(/C(O)=C2\C(=O)C(=O)N(c3nnc(SCc4ccc(Cl)cc4Cl)s3)C2c2cccnc2)c1. The molecule has 1 unspecified atom stereocenters. The number of rotatable bonds is 6. The number of thioether (sulfide) groups is 1. The summed E-state index contributed by atoms with van der Waals surface area (Å²) in [6.07, 6.45) is 3.17. The zero-order valence-electron chi connectivity index (χ0n) is 20.2. The molecule has 1 amide bonds. The average Bonchev–Trinajstić information content (AvgIpc) is 3.47. The van der Waals surface area contributed by atoms with Crippen LogP contribution in [0.3, 0.4) is 0 Å². The number of carbonyl (C=O) groups is 2. The van der Waals surface area contributed by atoms with E-state index < -0.39 is 17.7 Å². The molecule has 2 aromatic heterocycles. The molecule has 4 aromatic rings. The lowest BCUT2D eigenvalue weighted by atomic mass is 9.94. The van der Waals surface area contributed by atoms with Crippen LogP contribution in [0.15, 0.2) is 70.8 Å². The fourth-order valence-electron chi connectivity index (χ4n) is 4.16. The van der Waals surface area contributed by atoms with E-state index in [1.807, 2.05) is 32.0 Å². The van der Waals surface area contributed by atoms with Crippen LogP contribution < -0.4 is 4.90 Å². The third-order valence-corrected chi connectivity index (χ3v) is 8.75. The van der Waals surface area contributed by atoms with Crippen LogP contribution in [0.5, 0.6) is 0 Å². The Morgan fingerprint density at radius 2 is 1.92 bits per heavy atom. The Balaban J connectivity index is 1.54. The summed E-state index contributed by atoms with van der Waals surface area (Å²) in [4.78, 5) is 32.2. The first-order chi connectivity index (χ1) is 18.2. The monoisotopic (exact) mass is 582 g/mol. The number of aryl methyl sites for hydroxylation is 2. The molecule has 38 heavy (non-hydrogen) atoms. The molecule has 1 atom stereocenters. The van der Waals surface area contributed by atoms with Crippen LogP contribution in [0, 0.1) is 13.8 Å². The van der Waals surface area contributed by atoms with Gasteiger partial charge >= 0.3 is 5.91 Å². The van der Waals surface area contributed by atoms with Crippen LogP contribution in [-0.4, -0.2) is 32.0 Å². The van der Waals surface area contributed by atoms with Crippen molar-refractivity contribution in [2.45, 2.75) is 30.0 Å². The summed E-state index contributed by atoms with van der Waals surface area (Å²) in [5.74, 6) is -1.31. The molecule has 11 heteroatoms. The summed E-state index contributed by atoms with van der Waals surface area (Å²) in [5, 5.41) is 21.2. The van der Waals surface area contributed by atoms with E-state index in [0.717, 1.165) is 16.7 Å². The minimum Gasteiger partial charge on any atom is -0.507 e. The molecule has 5 rings (SSSR count). The van der Waals surface area contributed by atoms with Crippen LogP contribution in [0.1, 0.15) is 33.9 Å². The molecule has 1 aliphatic heterocycles. The van der Waals surface area contributed by atoms with Crippen molar-refractivity contribution in [2.75, 3.05) is 4.90 Å². The third-order valence-electron chi connectivity index (χ3n) is 6.06. The van der Waals surface area contributed by atoms with E-state index in [9.17, 15) is 14.7 Å². The predicted octanol–water partition coefficient (Wildman–Crippen LogP) is 6.78. The quantitative estimate of drug-likeness (QED) is 0.0879. The molecular weight excluding hydrogens is 563 g/mol. The molecule has 0 bridgehead atoms. The Morgan fingerprint density at radius 3 is 2.66 bits per heavy atom. The minimum atomic E-state index is -0.917. The van der Waals surface area contributed by atoms with Gasteiger partial charge in [-0.1, -0.05) is 76.1 Å². The highest BCUT2D eigenvalue weighted by atomic mass is 35.5. The summed E-state index contributed by atoms with van der Waals surface area (Å²) >= 11 is 14.9. The number of benzene rings is 2. The number of amides is 1. The number of carbonyl (C=O) groups excluding carboxylic acids is 2. The van der Waals surface area contributed by atoms with Crippen molar-refractivity contribution in [3.8, 4) is 0 Å². The molecule has 1 N–H and O–H groups in total. The first kappa shape index (κ1) is 26.4. The summed E-state index contributed by atoms with van der Waals surface area (Å²) < 4.78 is 0.590. The molecule has 2 aromatic carbocycles. The Morgan fingerprint density at radius 1 is 1.11 bits per heavy atom. The number of Topliss-reactive ketones (excluding diaryl/α,β-unsaturated/α-hetero) is 1. The van der Waals surface area contributed by atoms with Gasteiger partial charge in [-0.05, 0) is 54.8 Å². The molecular formula is C27H20Cl2N4O3S2. The minimum absolute atomic E-state index is 0.0194. The van der Waals surface area contributed by atoms with Gasteiger partial charge in [0.25, 0.3) is 5.78 Å². The van der Waals surface area contributed by atoms with Gasteiger partial charge in [-0.2, -0.15) is 0 Å². The molecule has 0 radical (unpaired) electrons. The van der Waals surface area contributed by atoms with Crippen LogP contribution in [-0.2, 0) is 15.3 Å². The second kappa shape index (κ2) is 10.9. The zero-order chi connectivity index (χ0) is 27.0. The molecule has 1 aliphatic rings. The maximum absolute atomic E-state index is 13.4. The van der Waals surface area contributed by atoms with Crippen molar-refractivity contribution in [1.82, 2.24) is 15.2 Å². The average molecular weight is 584 g/mol. The first-order valence-electron chi connectivity index (χ1n) is 11.4. The lowest BCUT2D eigenvalue weighted by Gasteiger charge is -2.22. The molecule has 7 nitrogen and oxygen atoms in total. The van der Waals surface area contributed by atoms with Crippen molar-refractivity contribution < 1.29 is 14.7 Å². The fourth-order valence-corrected chi connectivity index (χ4v) is 6.58. The van der Waals surface area contributed by atoms with Gasteiger partial charge in [-0.3, -0.25) is 19.5 Å². The molecule has 3 heterocycles. The Kier molecular flexibility index (Phi) is 7.54. The van der Waals surface area contributed by atoms with E-state index >= 15 is 0 Å². The smallest absolute Gasteiger partial charge is 0.301 e. The highest BCUT2D eigenvalue weighted by Crippen LogP contribution is 2.44. The van der Waals surface area contributed by atoms with E-state index in [0.29, 0.717) is 31.3 Å². The molecule has 1 fully saturated rings. The number of aliphatic hydroxyl groups excluding tert-OH is 1. The van der Waals surface area contributed by atoms with Crippen LogP contribution in [0.2, 0.25) is 10.0 Å². The normalized spacial score (nSPS) is 16.8. The first-order valence-corrected chi connectivity index (χ1v) is 14.0. The largest absolute Gasteiger partial charge is 0.507 e. The molecule has 1 saturated heterocycles. The maximum atomic E-state index is 13.4. The van der Waals surface area contributed by atoms with Gasteiger partial charge in [-0.25, -0.2) is 0 Å². The number of hydrogen-bond acceptors (Lipinski definition) is 8. The van der Waals surface area contributed by atoms with Gasteiger partial charge in [0, 0.05) is 33.8 Å². The number of anilines is 1. The topological polar surface area (TPSA) is 96.3 Å². The van der Waals surface area contributed by atoms with E-state index in [4.69, 9.17) is 23.2 Å². The van der Waals surface area contributed by atoms with Gasteiger partial charge < -0.3 is 5.11 Å². The van der Waals surface area contributed by atoms with E-state index in [-0.39, 0.29) is 16.5 Å². The lowest BCUT2D eigenvalue weighted by Crippen LogP contribution is -2.29. The summed E-state index contributed by atoms with van der Waals surface area (Å²) in [6.45, 7) is 3.73. The molecule has 192 valence electrons.